The van der Waals surface area contributed by atoms with Gasteiger partial charge in [-0.15, -0.1) is 0 Å². The maximum Gasteiger partial charge on any atom is 0.190 e. The van der Waals surface area contributed by atoms with E-state index in [4.69, 9.17) is 4.43 Å². The summed E-state index contributed by atoms with van der Waals surface area (Å²) in [6.07, 6.45) is 17.6. The normalized spacial score (nSPS) is 12.7. The molecule has 0 heterocycles. The minimum Gasteiger partial charge on any atom is -0.415 e. The summed E-state index contributed by atoms with van der Waals surface area (Å²) in [5.41, 5.74) is 0. The van der Waals surface area contributed by atoms with Gasteiger partial charge in [0, 0.05) is 6.10 Å². The van der Waals surface area contributed by atoms with Gasteiger partial charge in [-0.25, -0.2) is 0 Å². The summed E-state index contributed by atoms with van der Waals surface area (Å²) in [5, 5.41) is 0. The number of unbranched alkanes of at least 4 members (excludes halogenated alkanes) is 8. The highest BCUT2D eigenvalue weighted by Crippen LogP contribution is 2.15. The van der Waals surface area contributed by atoms with E-state index in [1.807, 2.05) is 0 Å². The lowest BCUT2D eigenvalue weighted by Gasteiger charge is -2.24. The van der Waals surface area contributed by atoms with E-state index in [9.17, 15) is 0 Å². The topological polar surface area (TPSA) is 9.23 Å². The van der Waals surface area contributed by atoms with Gasteiger partial charge in [0.25, 0.3) is 0 Å². The summed E-state index contributed by atoms with van der Waals surface area (Å²) in [5.74, 6) is 0. The molecule has 0 unspecified atom stereocenters. The highest BCUT2D eigenvalue weighted by molar-refractivity contribution is 6.71. The van der Waals surface area contributed by atoms with E-state index in [1.54, 1.807) is 0 Å². The van der Waals surface area contributed by atoms with Crippen molar-refractivity contribution in [1.82, 2.24) is 0 Å². The molecule has 0 bridgehead atoms. The van der Waals surface area contributed by atoms with E-state index in [0.717, 1.165) is 6.04 Å². The fourth-order valence-electron chi connectivity index (χ4n) is 2.57. The van der Waals surface area contributed by atoms with Crippen LogP contribution in [0.4, 0.5) is 0 Å². The van der Waals surface area contributed by atoms with Crippen molar-refractivity contribution in [2.75, 3.05) is 0 Å². The zero-order valence-electron chi connectivity index (χ0n) is 14.7. The average molecular weight is 299 g/mol. The molecule has 0 amide bonds. The highest BCUT2D eigenvalue weighted by Gasteiger charge is 2.21. The van der Waals surface area contributed by atoms with Gasteiger partial charge in [0.05, 0.1) is 0 Å². The van der Waals surface area contributed by atoms with Crippen molar-refractivity contribution in [3.63, 3.8) is 0 Å². The lowest BCUT2D eigenvalue weighted by atomic mass is 10.1. The zero-order chi connectivity index (χ0) is 15.3. The van der Waals surface area contributed by atoms with Crippen LogP contribution in [0, 0.1) is 0 Å². The molecule has 0 N–H and O–H groups in total. The second-order valence-corrected chi connectivity index (χ2v) is 11.0. The highest BCUT2D eigenvalue weighted by atomic mass is 28.4. The molecule has 1 nitrogen and oxygen atoms in total. The quantitative estimate of drug-likeness (QED) is 0.209. The third kappa shape index (κ3) is 14.3. The molecule has 0 saturated carbocycles. The van der Waals surface area contributed by atoms with Crippen LogP contribution in [0.2, 0.25) is 19.1 Å². The van der Waals surface area contributed by atoms with Gasteiger partial charge in [0.15, 0.2) is 8.32 Å². The van der Waals surface area contributed by atoms with Gasteiger partial charge in [0.2, 0.25) is 0 Å². The van der Waals surface area contributed by atoms with Crippen molar-refractivity contribution < 1.29 is 4.43 Å². The SMILES string of the molecule is CCCCCCCCCC/C=C/C[Si](C)(C)OC(C)C. The van der Waals surface area contributed by atoms with Gasteiger partial charge >= 0.3 is 0 Å². The molecule has 0 aliphatic carbocycles. The molecule has 0 aromatic heterocycles. The Kier molecular flexibility index (Phi) is 12.6. The summed E-state index contributed by atoms with van der Waals surface area (Å²) < 4.78 is 6.02. The van der Waals surface area contributed by atoms with Crippen LogP contribution in [0.15, 0.2) is 12.2 Å². The fourth-order valence-corrected chi connectivity index (χ4v) is 4.67. The van der Waals surface area contributed by atoms with E-state index in [-0.39, 0.29) is 0 Å². The second-order valence-electron chi connectivity index (χ2n) is 6.87. The molecule has 0 aliphatic rings. The van der Waals surface area contributed by atoms with Crippen molar-refractivity contribution in [1.29, 1.82) is 0 Å². The largest absolute Gasteiger partial charge is 0.415 e. The van der Waals surface area contributed by atoms with Gasteiger partial charge in [-0.3, -0.25) is 0 Å². The van der Waals surface area contributed by atoms with Crippen molar-refractivity contribution in [3.05, 3.63) is 12.2 Å². The number of allylic oxidation sites excluding steroid dienone is 2. The van der Waals surface area contributed by atoms with Crippen molar-refractivity contribution in [2.45, 2.75) is 104 Å². The van der Waals surface area contributed by atoms with Crippen molar-refractivity contribution in [2.24, 2.45) is 0 Å². The van der Waals surface area contributed by atoms with Crippen LogP contribution in [-0.2, 0) is 4.43 Å². The van der Waals surface area contributed by atoms with Crippen LogP contribution in [-0.4, -0.2) is 14.4 Å². The summed E-state index contributed by atoms with van der Waals surface area (Å²) in [7, 11) is -1.45. The molecule has 0 saturated heterocycles. The predicted octanol–water partition coefficient (Wildman–Crippen LogP) is 6.70. The van der Waals surface area contributed by atoms with Crippen LogP contribution in [0.1, 0.15) is 78.6 Å². The maximum absolute atomic E-state index is 6.02. The smallest absolute Gasteiger partial charge is 0.190 e. The Labute approximate surface area is 129 Å². The standard InChI is InChI=1S/C18H38OSi/c1-6-7-8-9-10-11-12-13-14-15-16-17-20(4,5)19-18(2)3/h15-16,18H,6-14,17H2,1-5H3/b16-15+. The fraction of sp³-hybridized carbons (Fsp3) is 0.889. The molecule has 0 rings (SSSR count). The molecule has 0 spiro atoms. The van der Waals surface area contributed by atoms with Crippen LogP contribution >= 0.6 is 0 Å². The lowest BCUT2D eigenvalue weighted by Crippen LogP contribution is -2.32. The Morgan fingerprint density at radius 3 is 1.95 bits per heavy atom. The zero-order valence-corrected chi connectivity index (χ0v) is 15.7. The minimum absolute atomic E-state index is 0.373. The van der Waals surface area contributed by atoms with Gasteiger partial charge in [-0.2, -0.15) is 0 Å². The van der Waals surface area contributed by atoms with Gasteiger partial charge in [-0.1, -0.05) is 64.0 Å². The molecular formula is C18H38OSi. The van der Waals surface area contributed by atoms with Crippen molar-refractivity contribution >= 4 is 8.32 Å². The van der Waals surface area contributed by atoms with Gasteiger partial charge < -0.3 is 4.43 Å². The second kappa shape index (κ2) is 12.6. The lowest BCUT2D eigenvalue weighted by molar-refractivity contribution is 0.233. The Morgan fingerprint density at radius 2 is 1.40 bits per heavy atom. The van der Waals surface area contributed by atoms with E-state index >= 15 is 0 Å². The molecule has 0 atom stereocenters. The van der Waals surface area contributed by atoms with E-state index < -0.39 is 8.32 Å². The van der Waals surface area contributed by atoms with Gasteiger partial charge in [-0.05, 0) is 45.8 Å². The molecule has 2 heteroatoms. The van der Waals surface area contributed by atoms with Crippen LogP contribution in [0.25, 0.3) is 0 Å². The Morgan fingerprint density at radius 1 is 0.850 bits per heavy atom. The van der Waals surface area contributed by atoms with Gasteiger partial charge in [0.1, 0.15) is 0 Å². The first kappa shape index (κ1) is 19.9. The summed E-state index contributed by atoms with van der Waals surface area (Å²) in [6, 6.07) is 1.15. The molecule has 0 aromatic carbocycles. The maximum atomic E-state index is 6.02. The minimum atomic E-state index is -1.45. The Hall–Kier alpha value is -0.0831. The molecule has 0 radical (unpaired) electrons. The molecular weight excluding hydrogens is 260 g/mol. The first-order valence-electron chi connectivity index (χ1n) is 8.81. The Bertz CT molecular complexity index is 234. The molecule has 20 heavy (non-hydrogen) atoms. The average Bonchev–Trinajstić information content (AvgIpc) is 2.34. The third-order valence-electron chi connectivity index (χ3n) is 3.56. The van der Waals surface area contributed by atoms with E-state index in [0.29, 0.717) is 6.10 Å². The number of hydrogen-bond donors (Lipinski definition) is 0. The van der Waals surface area contributed by atoms with E-state index in [1.165, 1.54) is 57.8 Å². The summed E-state index contributed by atoms with van der Waals surface area (Å²) in [6.45, 7) is 11.2. The number of hydrogen-bond acceptors (Lipinski definition) is 1. The van der Waals surface area contributed by atoms with Crippen LogP contribution in [0.5, 0.6) is 0 Å². The monoisotopic (exact) mass is 298 g/mol. The van der Waals surface area contributed by atoms with Crippen LogP contribution < -0.4 is 0 Å². The summed E-state index contributed by atoms with van der Waals surface area (Å²) in [4.78, 5) is 0. The van der Waals surface area contributed by atoms with Crippen LogP contribution in [0.3, 0.4) is 0 Å². The van der Waals surface area contributed by atoms with Crippen molar-refractivity contribution in [3.8, 4) is 0 Å². The first-order valence-corrected chi connectivity index (χ1v) is 11.9. The molecule has 120 valence electrons. The first-order chi connectivity index (χ1) is 9.48. The predicted molar refractivity (Wildman–Crippen MR) is 94.9 cm³/mol. The third-order valence-corrected chi connectivity index (χ3v) is 5.88. The molecule has 0 fully saturated rings. The Balaban J connectivity index is 3.40. The molecule has 0 aromatic rings. The molecule has 0 aliphatic heterocycles. The summed E-state index contributed by atoms with van der Waals surface area (Å²) >= 11 is 0. The van der Waals surface area contributed by atoms with E-state index in [2.05, 4.69) is 46.0 Å². The number of rotatable bonds is 13.